The molecule has 0 aromatic rings. The molecule has 0 aromatic carbocycles. The molecule has 88 valence electrons. The van der Waals surface area contributed by atoms with Gasteiger partial charge in [-0.05, 0) is 20.9 Å². The normalized spacial score (nSPS) is 24.1. The van der Waals surface area contributed by atoms with Crippen molar-refractivity contribution in [3.05, 3.63) is 0 Å². The molecule has 1 heterocycles. The van der Waals surface area contributed by atoms with E-state index < -0.39 is 10.7 Å². The van der Waals surface area contributed by atoms with Crippen LogP contribution in [0, 0.1) is 0 Å². The Morgan fingerprint density at radius 1 is 1.67 bits per heavy atom. The van der Waals surface area contributed by atoms with Gasteiger partial charge in [-0.15, -0.1) is 11.8 Å². The van der Waals surface area contributed by atoms with Crippen LogP contribution in [0.15, 0.2) is 0 Å². The third-order valence-electron chi connectivity index (χ3n) is 2.49. The monoisotopic (exact) mass is 233 g/mol. The molecule has 0 aromatic heterocycles. The summed E-state index contributed by atoms with van der Waals surface area (Å²) in [6.45, 7) is 6.06. The molecule has 15 heavy (non-hydrogen) atoms. The summed E-state index contributed by atoms with van der Waals surface area (Å²) < 4.78 is 4.85. The number of hydrogen-bond acceptors (Lipinski definition) is 4. The second-order valence-electron chi connectivity index (χ2n) is 4.38. The number of carboxylic acids is 1. The zero-order chi connectivity index (χ0) is 11.5. The van der Waals surface area contributed by atoms with Crippen molar-refractivity contribution in [2.24, 2.45) is 0 Å². The van der Waals surface area contributed by atoms with Gasteiger partial charge in [-0.3, -0.25) is 4.79 Å². The van der Waals surface area contributed by atoms with Crippen LogP contribution in [0.25, 0.3) is 0 Å². The zero-order valence-corrected chi connectivity index (χ0v) is 10.3. The van der Waals surface area contributed by atoms with E-state index in [0.717, 1.165) is 25.4 Å². The summed E-state index contributed by atoms with van der Waals surface area (Å²) >= 11 is 1.44. The van der Waals surface area contributed by atoms with E-state index in [9.17, 15) is 4.79 Å². The first kappa shape index (κ1) is 12.8. The topological polar surface area (TPSA) is 49.8 Å². The minimum absolute atomic E-state index is 0.160. The van der Waals surface area contributed by atoms with E-state index in [-0.39, 0.29) is 6.10 Å². The highest BCUT2D eigenvalue weighted by Crippen LogP contribution is 2.26. The van der Waals surface area contributed by atoms with Crippen LogP contribution in [-0.2, 0) is 9.53 Å². The average molecular weight is 233 g/mol. The fourth-order valence-electron chi connectivity index (χ4n) is 1.33. The standard InChI is InChI=1S/C10H19NO3S/c1-10(2,9(12)13)15-7-8-6-11(3)4-5-14-8/h8H,4-7H2,1-3H3,(H,12,13). The third-order valence-corrected chi connectivity index (χ3v) is 3.92. The summed E-state index contributed by atoms with van der Waals surface area (Å²) in [5.74, 6) is -0.0273. The van der Waals surface area contributed by atoms with Gasteiger partial charge in [0.25, 0.3) is 0 Å². The number of morpholine rings is 1. The largest absolute Gasteiger partial charge is 0.480 e. The Kier molecular flexibility index (Phi) is 4.43. The Balaban J connectivity index is 2.33. The summed E-state index contributed by atoms with van der Waals surface area (Å²) in [6, 6.07) is 0. The molecule has 0 spiro atoms. The predicted octanol–water partition coefficient (Wildman–Crippen LogP) is 0.913. The van der Waals surface area contributed by atoms with Crippen molar-refractivity contribution in [1.82, 2.24) is 4.90 Å². The lowest BCUT2D eigenvalue weighted by molar-refractivity contribution is -0.138. The van der Waals surface area contributed by atoms with E-state index in [0.29, 0.717) is 0 Å². The summed E-state index contributed by atoms with van der Waals surface area (Å²) in [7, 11) is 2.06. The SMILES string of the molecule is CN1CCOC(CSC(C)(C)C(=O)O)C1. The quantitative estimate of drug-likeness (QED) is 0.782. The van der Waals surface area contributed by atoms with Crippen LogP contribution in [0.5, 0.6) is 0 Å². The van der Waals surface area contributed by atoms with Crippen molar-refractivity contribution in [2.75, 3.05) is 32.5 Å². The first-order valence-electron chi connectivity index (χ1n) is 5.09. The molecule has 0 saturated carbocycles. The van der Waals surface area contributed by atoms with Crippen LogP contribution < -0.4 is 0 Å². The van der Waals surface area contributed by atoms with Crippen molar-refractivity contribution < 1.29 is 14.6 Å². The Morgan fingerprint density at radius 3 is 2.87 bits per heavy atom. The summed E-state index contributed by atoms with van der Waals surface area (Å²) in [5, 5.41) is 8.95. The first-order valence-corrected chi connectivity index (χ1v) is 6.08. The number of thioether (sulfide) groups is 1. The van der Waals surface area contributed by atoms with Gasteiger partial charge in [0.1, 0.15) is 4.75 Å². The number of carboxylic acid groups (broad SMARTS) is 1. The number of aliphatic carboxylic acids is 1. The Morgan fingerprint density at radius 2 is 2.33 bits per heavy atom. The van der Waals surface area contributed by atoms with Gasteiger partial charge in [0.2, 0.25) is 0 Å². The summed E-state index contributed by atoms with van der Waals surface area (Å²) in [4.78, 5) is 13.1. The van der Waals surface area contributed by atoms with Crippen molar-refractivity contribution in [3.8, 4) is 0 Å². The van der Waals surface area contributed by atoms with Crippen LogP contribution >= 0.6 is 11.8 Å². The molecule has 0 aliphatic carbocycles. The van der Waals surface area contributed by atoms with Gasteiger partial charge in [-0.1, -0.05) is 0 Å². The van der Waals surface area contributed by atoms with Gasteiger partial charge in [0.05, 0.1) is 12.7 Å². The molecular formula is C10H19NO3S. The van der Waals surface area contributed by atoms with Gasteiger partial charge < -0.3 is 14.7 Å². The summed E-state index contributed by atoms with van der Waals surface area (Å²) in [5.41, 5.74) is 0. The van der Waals surface area contributed by atoms with Crippen molar-refractivity contribution in [3.63, 3.8) is 0 Å². The number of nitrogens with zero attached hydrogens (tertiary/aromatic N) is 1. The second kappa shape index (κ2) is 5.18. The fourth-order valence-corrected chi connectivity index (χ4v) is 2.26. The molecule has 5 heteroatoms. The molecule has 0 radical (unpaired) electrons. The molecule has 1 aliphatic rings. The van der Waals surface area contributed by atoms with E-state index in [1.54, 1.807) is 13.8 Å². The molecule has 1 atom stereocenters. The molecule has 1 aliphatic heterocycles. The Bertz CT molecular complexity index is 233. The van der Waals surface area contributed by atoms with E-state index in [1.165, 1.54) is 11.8 Å². The van der Waals surface area contributed by atoms with Crippen molar-refractivity contribution >= 4 is 17.7 Å². The van der Waals surface area contributed by atoms with Crippen LogP contribution in [-0.4, -0.2) is 59.3 Å². The van der Waals surface area contributed by atoms with Gasteiger partial charge in [-0.2, -0.15) is 0 Å². The van der Waals surface area contributed by atoms with Crippen molar-refractivity contribution in [1.29, 1.82) is 0 Å². The highest BCUT2D eigenvalue weighted by atomic mass is 32.2. The lowest BCUT2D eigenvalue weighted by atomic mass is 10.2. The van der Waals surface area contributed by atoms with E-state index >= 15 is 0 Å². The molecular weight excluding hydrogens is 214 g/mol. The third kappa shape index (κ3) is 4.01. The molecule has 1 N–H and O–H groups in total. The minimum Gasteiger partial charge on any atom is -0.480 e. The maximum absolute atomic E-state index is 10.9. The highest BCUT2D eigenvalue weighted by Gasteiger charge is 2.29. The molecule has 0 amide bonds. The molecule has 0 bridgehead atoms. The van der Waals surface area contributed by atoms with E-state index in [2.05, 4.69) is 11.9 Å². The molecule has 1 saturated heterocycles. The maximum atomic E-state index is 10.9. The molecule has 1 unspecified atom stereocenters. The fraction of sp³-hybridized carbons (Fsp3) is 0.900. The summed E-state index contributed by atoms with van der Waals surface area (Å²) in [6.07, 6.45) is 0.160. The van der Waals surface area contributed by atoms with Crippen LogP contribution in [0.1, 0.15) is 13.8 Å². The number of carbonyl (C=O) groups is 1. The van der Waals surface area contributed by atoms with Gasteiger partial charge in [-0.25, -0.2) is 0 Å². The van der Waals surface area contributed by atoms with E-state index in [1.807, 2.05) is 0 Å². The van der Waals surface area contributed by atoms with Gasteiger partial charge in [0.15, 0.2) is 0 Å². The molecule has 1 fully saturated rings. The van der Waals surface area contributed by atoms with Crippen LogP contribution in [0.2, 0.25) is 0 Å². The highest BCUT2D eigenvalue weighted by molar-refractivity contribution is 8.01. The number of ether oxygens (including phenoxy) is 1. The van der Waals surface area contributed by atoms with Crippen molar-refractivity contribution in [2.45, 2.75) is 24.7 Å². The molecule has 4 nitrogen and oxygen atoms in total. The first-order chi connectivity index (χ1) is 6.92. The van der Waals surface area contributed by atoms with Crippen LogP contribution in [0.3, 0.4) is 0 Å². The van der Waals surface area contributed by atoms with Gasteiger partial charge in [0, 0.05) is 18.8 Å². The second-order valence-corrected chi connectivity index (χ2v) is 6.02. The maximum Gasteiger partial charge on any atom is 0.319 e. The van der Waals surface area contributed by atoms with Gasteiger partial charge >= 0.3 is 5.97 Å². The Hall–Kier alpha value is -0.260. The Labute approximate surface area is 95.0 Å². The number of likely N-dealkylation sites (N-methyl/N-ethyl adjacent to an activating group) is 1. The number of rotatable bonds is 4. The average Bonchev–Trinajstić information content (AvgIpc) is 2.15. The van der Waals surface area contributed by atoms with Crippen LogP contribution in [0.4, 0.5) is 0 Å². The zero-order valence-electron chi connectivity index (χ0n) is 9.52. The molecule has 1 rings (SSSR count). The lowest BCUT2D eigenvalue weighted by Gasteiger charge is -2.31. The minimum atomic E-state index is -0.767. The smallest absolute Gasteiger partial charge is 0.319 e. The van der Waals surface area contributed by atoms with E-state index in [4.69, 9.17) is 9.84 Å². The lowest BCUT2D eigenvalue weighted by Crippen LogP contribution is -2.42. The number of hydrogen-bond donors (Lipinski definition) is 1. The predicted molar refractivity (Wildman–Crippen MR) is 61.4 cm³/mol.